The van der Waals surface area contributed by atoms with Crippen molar-refractivity contribution in [3.63, 3.8) is 0 Å². The number of hydrogen-bond acceptors (Lipinski definition) is 4. The molecule has 0 amide bonds. The van der Waals surface area contributed by atoms with E-state index >= 15 is 0 Å². The number of hydrogen-bond donors (Lipinski definition) is 1. The minimum absolute atomic E-state index is 0.103. The molecule has 0 bridgehead atoms. The van der Waals surface area contributed by atoms with Crippen molar-refractivity contribution in [2.45, 2.75) is 38.8 Å². The highest BCUT2D eigenvalue weighted by molar-refractivity contribution is 5.75. The second-order valence-corrected chi connectivity index (χ2v) is 4.05. The molecule has 0 radical (unpaired) electrons. The average molecular weight is 214 g/mol. The first kappa shape index (κ1) is 12.5. The predicted octanol–water partition coefficient (Wildman–Crippen LogP) is 0.622. The smallest absolute Gasteiger partial charge is 0.323 e. The van der Waals surface area contributed by atoms with Gasteiger partial charge in [0.15, 0.2) is 0 Å². The van der Waals surface area contributed by atoms with Gasteiger partial charge in [0.25, 0.3) is 0 Å². The van der Waals surface area contributed by atoms with Gasteiger partial charge in [0.05, 0.1) is 6.61 Å². The van der Waals surface area contributed by atoms with Crippen molar-refractivity contribution in [2.75, 3.05) is 26.7 Å². The Bertz CT molecular complexity index is 209. The Morgan fingerprint density at radius 2 is 2.40 bits per heavy atom. The van der Waals surface area contributed by atoms with Gasteiger partial charge < -0.3 is 10.1 Å². The Hall–Kier alpha value is -0.610. The molecule has 4 nitrogen and oxygen atoms in total. The molecule has 0 aliphatic carbocycles. The van der Waals surface area contributed by atoms with E-state index in [1.54, 1.807) is 0 Å². The standard InChI is InChI=1S/C11H22N2O2/c1-4-15-11(14)9(2)13-7-5-6-10(8-13)12-3/h9-10,12H,4-8H2,1-3H3. The van der Waals surface area contributed by atoms with Crippen LogP contribution in [0.2, 0.25) is 0 Å². The summed E-state index contributed by atoms with van der Waals surface area (Å²) in [7, 11) is 1.98. The lowest BCUT2D eigenvalue weighted by Gasteiger charge is -2.35. The quantitative estimate of drug-likeness (QED) is 0.697. The molecule has 0 aromatic heterocycles. The summed E-state index contributed by atoms with van der Waals surface area (Å²) in [6, 6.07) is 0.400. The summed E-state index contributed by atoms with van der Waals surface area (Å²) in [5, 5.41) is 3.27. The Balaban J connectivity index is 2.44. The van der Waals surface area contributed by atoms with Crippen LogP contribution in [0.1, 0.15) is 26.7 Å². The van der Waals surface area contributed by atoms with Crippen molar-refractivity contribution in [1.82, 2.24) is 10.2 Å². The molecule has 0 aromatic rings. The topological polar surface area (TPSA) is 41.6 Å². The van der Waals surface area contributed by atoms with Crippen molar-refractivity contribution >= 4 is 5.97 Å². The van der Waals surface area contributed by atoms with E-state index < -0.39 is 0 Å². The molecule has 2 atom stereocenters. The van der Waals surface area contributed by atoms with Gasteiger partial charge in [0.1, 0.15) is 6.04 Å². The molecule has 15 heavy (non-hydrogen) atoms. The van der Waals surface area contributed by atoms with Gasteiger partial charge in [-0.15, -0.1) is 0 Å². The lowest BCUT2D eigenvalue weighted by atomic mass is 10.0. The normalized spacial score (nSPS) is 24.9. The monoisotopic (exact) mass is 214 g/mol. The largest absolute Gasteiger partial charge is 0.465 e. The Kier molecular flexibility index (Phi) is 5.05. The molecule has 1 rings (SSSR count). The Morgan fingerprint density at radius 3 is 3.00 bits per heavy atom. The number of esters is 1. The maximum Gasteiger partial charge on any atom is 0.323 e. The van der Waals surface area contributed by atoms with E-state index in [0.29, 0.717) is 12.6 Å². The highest BCUT2D eigenvalue weighted by Gasteiger charge is 2.27. The molecule has 0 spiro atoms. The van der Waals surface area contributed by atoms with Crippen molar-refractivity contribution < 1.29 is 9.53 Å². The van der Waals surface area contributed by atoms with E-state index in [1.165, 1.54) is 6.42 Å². The van der Waals surface area contributed by atoms with Gasteiger partial charge in [-0.2, -0.15) is 0 Å². The zero-order chi connectivity index (χ0) is 11.3. The molecule has 88 valence electrons. The third kappa shape index (κ3) is 3.47. The summed E-state index contributed by atoms with van der Waals surface area (Å²) < 4.78 is 5.02. The zero-order valence-corrected chi connectivity index (χ0v) is 9.95. The number of carbonyl (C=O) groups excluding carboxylic acids is 1. The van der Waals surface area contributed by atoms with Crippen LogP contribution in [-0.2, 0) is 9.53 Å². The summed E-state index contributed by atoms with van der Waals surface area (Å²) in [6.07, 6.45) is 2.35. The van der Waals surface area contributed by atoms with Gasteiger partial charge in [-0.1, -0.05) is 0 Å². The van der Waals surface area contributed by atoms with E-state index in [2.05, 4.69) is 10.2 Å². The van der Waals surface area contributed by atoms with Crippen molar-refractivity contribution in [1.29, 1.82) is 0 Å². The molecular weight excluding hydrogens is 192 g/mol. The fourth-order valence-electron chi connectivity index (χ4n) is 2.01. The second-order valence-electron chi connectivity index (χ2n) is 4.05. The molecule has 0 aromatic carbocycles. The van der Waals surface area contributed by atoms with Gasteiger partial charge in [-0.05, 0) is 40.3 Å². The van der Waals surface area contributed by atoms with Crippen LogP contribution in [-0.4, -0.2) is 49.7 Å². The summed E-state index contributed by atoms with van der Waals surface area (Å²) in [5.41, 5.74) is 0. The molecule has 0 saturated carbocycles. The van der Waals surface area contributed by atoms with Crippen LogP contribution in [0.15, 0.2) is 0 Å². The molecule has 1 fully saturated rings. The number of ether oxygens (including phenoxy) is 1. The first-order valence-electron chi connectivity index (χ1n) is 5.77. The number of carbonyl (C=O) groups is 1. The van der Waals surface area contributed by atoms with Gasteiger partial charge in [-0.3, -0.25) is 9.69 Å². The number of nitrogens with zero attached hydrogens (tertiary/aromatic N) is 1. The first-order chi connectivity index (χ1) is 7.19. The van der Waals surface area contributed by atoms with Crippen molar-refractivity contribution in [3.8, 4) is 0 Å². The molecule has 4 heteroatoms. The van der Waals surface area contributed by atoms with Crippen molar-refractivity contribution in [3.05, 3.63) is 0 Å². The Morgan fingerprint density at radius 1 is 1.67 bits per heavy atom. The molecule has 2 unspecified atom stereocenters. The highest BCUT2D eigenvalue weighted by atomic mass is 16.5. The summed E-state index contributed by atoms with van der Waals surface area (Å²) in [5.74, 6) is -0.103. The van der Waals surface area contributed by atoms with Gasteiger partial charge in [0, 0.05) is 12.6 Å². The van der Waals surface area contributed by atoms with Gasteiger partial charge in [0.2, 0.25) is 0 Å². The lowest BCUT2D eigenvalue weighted by Crippen LogP contribution is -2.50. The minimum Gasteiger partial charge on any atom is -0.465 e. The van der Waals surface area contributed by atoms with Crippen LogP contribution < -0.4 is 5.32 Å². The lowest BCUT2D eigenvalue weighted by molar-refractivity contribution is -0.149. The SMILES string of the molecule is CCOC(=O)C(C)N1CCCC(NC)C1. The summed E-state index contributed by atoms with van der Waals surface area (Å²) >= 11 is 0. The number of likely N-dealkylation sites (tertiary alicyclic amines) is 1. The van der Waals surface area contributed by atoms with E-state index in [-0.39, 0.29) is 12.0 Å². The van der Waals surface area contributed by atoms with E-state index in [0.717, 1.165) is 19.5 Å². The minimum atomic E-state index is -0.110. The van der Waals surface area contributed by atoms with Crippen LogP contribution in [0.3, 0.4) is 0 Å². The van der Waals surface area contributed by atoms with Crippen molar-refractivity contribution in [2.24, 2.45) is 0 Å². The molecule has 1 heterocycles. The molecule has 1 aliphatic heterocycles. The summed E-state index contributed by atoms with van der Waals surface area (Å²) in [4.78, 5) is 13.8. The fourth-order valence-corrected chi connectivity index (χ4v) is 2.01. The van der Waals surface area contributed by atoms with Crippen LogP contribution in [0.5, 0.6) is 0 Å². The molecular formula is C11H22N2O2. The number of nitrogens with one attached hydrogen (secondary N) is 1. The van der Waals surface area contributed by atoms with Crippen LogP contribution in [0.25, 0.3) is 0 Å². The van der Waals surface area contributed by atoms with E-state index in [1.807, 2.05) is 20.9 Å². The Labute approximate surface area is 92.0 Å². The number of rotatable bonds is 4. The van der Waals surface area contributed by atoms with Crippen LogP contribution in [0.4, 0.5) is 0 Å². The van der Waals surface area contributed by atoms with Gasteiger partial charge >= 0.3 is 5.97 Å². The maximum atomic E-state index is 11.6. The maximum absolute atomic E-state index is 11.6. The van der Waals surface area contributed by atoms with Crippen LogP contribution >= 0.6 is 0 Å². The van der Waals surface area contributed by atoms with E-state index in [9.17, 15) is 4.79 Å². The zero-order valence-electron chi connectivity index (χ0n) is 9.95. The molecule has 1 aliphatic rings. The average Bonchev–Trinajstić information content (AvgIpc) is 2.28. The third-order valence-electron chi connectivity index (χ3n) is 3.04. The molecule has 1 N–H and O–H groups in total. The fraction of sp³-hybridized carbons (Fsp3) is 0.909. The predicted molar refractivity (Wildman–Crippen MR) is 59.7 cm³/mol. The number of likely N-dealkylation sites (N-methyl/N-ethyl adjacent to an activating group) is 1. The second kappa shape index (κ2) is 6.08. The number of piperidine rings is 1. The highest BCUT2D eigenvalue weighted by Crippen LogP contribution is 2.13. The first-order valence-corrected chi connectivity index (χ1v) is 5.77. The summed E-state index contributed by atoms with van der Waals surface area (Å²) in [6.45, 7) is 6.17. The third-order valence-corrected chi connectivity index (χ3v) is 3.04. The van der Waals surface area contributed by atoms with Gasteiger partial charge in [-0.25, -0.2) is 0 Å². The molecule has 1 saturated heterocycles. The van der Waals surface area contributed by atoms with Crippen LogP contribution in [0, 0.1) is 0 Å². The van der Waals surface area contributed by atoms with E-state index in [4.69, 9.17) is 4.74 Å².